The van der Waals surface area contributed by atoms with Crippen molar-refractivity contribution >= 4 is 11.9 Å². The zero-order valence-corrected chi connectivity index (χ0v) is 10.8. The number of hydrogen-bond donors (Lipinski definition) is 2. The molecule has 1 saturated carbocycles. The Hall–Kier alpha value is -1.06. The second-order valence-corrected chi connectivity index (χ2v) is 5.04. The number of carboxylic acid groups (broad SMARTS) is 1. The van der Waals surface area contributed by atoms with Gasteiger partial charge in [0.1, 0.15) is 6.04 Å². The Morgan fingerprint density at radius 1 is 1.29 bits per heavy atom. The molecule has 2 N–H and O–H groups in total. The molecule has 1 aliphatic carbocycles. The minimum absolute atomic E-state index is 0.0529. The summed E-state index contributed by atoms with van der Waals surface area (Å²) >= 11 is 0. The highest BCUT2D eigenvalue weighted by atomic mass is 16.4. The molecule has 1 rings (SSSR count). The van der Waals surface area contributed by atoms with Crippen molar-refractivity contribution in [1.82, 2.24) is 5.32 Å². The van der Waals surface area contributed by atoms with Gasteiger partial charge in [0, 0.05) is 5.41 Å². The molecular formula is C13H23NO3. The van der Waals surface area contributed by atoms with Crippen LogP contribution in [0.3, 0.4) is 0 Å². The van der Waals surface area contributed by atoms with Gasteiger partial charge in [0.15, 0.2) is 0 Å². The van der Waals surface area contributed by atoms with Gasteiger partial charge in [0.25, 0.3) is 0 Å². The molecule has 0 aromatic heterocycles. The number of unbranched alkanes of at least 4 members (excludes halogenated alkanes) is 1. The molecule has 17 heavy (non-hydrogen) atoms. The van der Waals surface area contributed by atoms with Crippen molar-refractivity contribution in [2.24, 2.45) is 5.41 Å². The molecule has 0 radical (unpaired) electrons. The minimum atomic E-state index is -0.918. The molecule has 0 spiro atoms. The predicted molar refractivity (Wildman–Crippen MR) is 65.7 cm³/mol. The van der Waals surface area contributed by atoms with E-state index in [2.05, 4.69) is 12.2 Å². The quantitative estimate of drug-likeness (QED) is 0.685. The average molecular weight is 241 g/mol. The van der Waals surface area contributed by atoms with Crippen molar-refractivity contribution in [3.63, 3.8) is 0 Å². The fourth-order valence-corrected chi connectivity index (χ4v) is 2.20. The second kappa shape index (κ2) is 6.03. The fourth-order valence-electron chi connectivity index (χ4n) is 2.20. The zero-order valence-electron chi connectivity index (χ0n) is 10.8. The molecule has 0 bridgehead atoms. The highest BCUT2D eigenvalue weighted by molar-refractivity contribution is 5.89. The van der Waals surface area contributed by atoms with Gasteiger partial charge in [-0.3, -0.25) is 4.79 Å². The Bertz CT molecular complexity index is 284. The summed E-state index contributed by atoms with van der Waals surface area (Å²) in [6, 6.07) is -0.711. The Morgan fingerprint density at radius 3 is 2.35 bits per heavy atom. The van der Waals surface area contributed by atoms with E-state index in [1.807, 2.05) is 6.92 Å². The lowest BCUT2D eigenvalue weighted by molar-refractivity contribution is -0.143. The molecule has 4 heteroatoms. The van der Waals surface area contributed by atoms with Gasteiger partial charge >= 0.3 is 5.97 Å². The van der Waals surface area contributed by atoms with Crippen molar-refractivity contribution in [3.8, 4) is 0 Å². The highest BCUT2D eigenvalue weighted by Crippen LogP contribution is 2.49. The van der Waals surface area contributed by atoms with Crippen LogP contribution in [0.5, 0.6) is 0 Å². The average Bonchev–Trinajstić information content (AvgIpc) is 3.05. The van der Waals surface area contributed by atoms with E-state index in [9.17, 15) is 9.59 Å². The topological polar surface area (TPSA) is 66.4 Å². The summed E-state index contributed by atoms with van der Waals surface area (Å²) in [5.74, 6) is -0.970. The normalized spacial score (nSPS) is 18.5. The lowest BCUT2D eigenvalue weighted by Crippen LogP contribution is -2.44. The van der Waals surface area contributed by atoms with E-state index in [0.29, 0.717) is 6.42 Å². The van der Waals surface area contributed by atoms with Crippen molar-refractivity contribution in [1.29, 1.82) is 0 Å². The van der Waals surface area contributed by atoms with Gasteiger partial charge in [-0.15, -0.1) is 0 Å². The molecule has 1 amide bonds. The van der Waals surface area contributed by atoms with Crippen LogP contribution in [0, 0.1) is 5.41 Å². The molecule has 0 unspecified atom stereocenters. The number of nitrogens with one attached hydrogen (secondary N) is 1. The Labute approximate surface area is 103 Å². The maximum Gasteiger partial charge on any atom is 0.326 e. The van der Waals surface area contributed by atoms with Crippen molar-refractivity contribution in [2.45, 2.75) is 64.8 Å². The number of aliphatic carboxylic acids is 1. The first-order valence-electron chi connectivity index (χ1n) is 6.59. The van der Waals surface area contributed by atoms with Crippen molar-refractivity contribution in [3.05, 3.63) is 0 Å². The number of carbonyl (C=O) groups excluding carboxylic acids is 1. The largest absolute Gasteiger partial charge is 0.480 e. The van der Waals surface area contributed by atoms with E-state index in [1.165, 1.54) is 0 Å². The van der Waals surface area contributed by atoms with Crippen LogP contribution in [0.15, 0.2) is 0 Å². The van der Waals surface area contributed by atoms with E-state index in [4.69, 9.17) is 5.11 Å². The molecule has 0 aliphatic heterocycles. The van der Waals surface area contributed by atoms with E-state index >= 15 is 0 Å². The summed E-state index contributed by atoms with van der Waals surface area (Å²) in [5, 5.41) is 11.8. The third kappa shape index (κ3) is 3.72. The van der Waals surface area contributed by atoms with Gasteiger partial charge in [0.05, 0.1) is 0 Å². The van der Waals surface area contributed by atoms with Crippen LogP contribution in [0.4, 0.5) is 0 Å². The van der Waals surface area contributed by atoms with Crippen LogP contribution in [0.25, 0.3) is 0 Å². The van der Waals surface area contributed by atoms with Gasteiger partial charge in [0.2, 0.25) is 5.91 Å². The summed E-state index contributed by atoms with van der Waals surface area (Å²) in [5.41, 5.74) is -0.241. The molecular weight excluding hydrogens is 218 g/mol. The third-order valence-electron chi connectivity index (χ3n) is 3.51. The fraction of sp³-hybridized carbons (Fsp3) is 0.846. The van der Waals surface area contributed by atoms with Crippen LogP contribution in [0.1, 0.15) is 58.8 Å². The highest BCUT2D eigenvalue weighted by Gasteiger charge is 2.49. The number of amides is 1. The molecule has 98 valence electrons. The van der Waals surface area contributed by atoms with Crippen LogP contribution in [-0.2, 0) is 9.59 Å². The van der Waals surface area contributed by atoms with E-state index < -0.39 is 12.0 Å². The summed E-state index contributed by atoms with van der Waals surface area (Å²) in [6.07, 6.45) is 5.97. The van der Waals surface area contributed by atoms with Crippen molar-refractivity contribution in [2.75, 3.05) is 0 Å². The zero-order chi connectivity index (χ0) is 12.9. The minimum Gasteiger partial charge on any atom is -0.480 e. The lowest BCUT2D eigenvalue weighted by atomic mass is 9.98. The first-order valence-corrected chi connectivity index (χ1v) is 6.59. The van der Waals surface area contributed by atoms with Gasteiger partial charge < -0.3 is 10.4 Å². The van der Waals surface area contributed by atoms with Crippen LogP contribution >= 0.6 is 0 Å². The molecule has 1 fully saturated rings. The van der Waals surface area contributed by atoms with E-state index in [0.717, 1.165) is 38.5 Å². The van der Waals surface area contributed by atoms with E-state index in [1.54, 1.807) is 0 Å². The number of rotatable bonds is 8. The molecule has 0 aromatic carbocycles. The number of carboxylic acids is 1. The van der Waals surface area contributed by atoms with Gasteiger partial charge in [-0.25, -0.2) is 4.79 Å². The van der Waals surface area contributed by atoms with Crippen molar-refractivity contribution < 1.29 is 14.7 Å². The molecule has 4 nitrogen and oxygen atoms in total. The Kier molecular flexibility index (Phi) is 4.97. The summed E-state index contributed by atoms with van der Waals surface area (Å²) in [6.45, 7) is 4.07. The monoisotopic (exact) mass is 241 g/mol. The standard InChI is InChI=1S/C13H23NO3/c1-3-5-6-10(11(15)16)14-12(17)13(7-4-2)8-9-13/h10H,3-9H2,1-2H3,(H,14,17)(H,15,16)/t10-/m0/s1. The summed E-state index contributed by atoms with van der Waals surface area (Å²) in [7, 11) is 0. The first kappa shape index (κ1) is 14.0. The summed E-state index contributed by atoms with van der Waals surface area (Å²) in [4.78, 5) is 23.1. The van der Waals surface area contributed by atoms with Gasteiger partial charge in [-0.05, 0) is 25.7 Å². The van der Waals surface area contributed by atoms with Crippen LogP contribution < -0.4 is 5.32 Å². The molecule has 0 heterocycles. The lowest BCUT2D eigenvalue weighted by Gasteiger charge is -2.19. The molecule has 0 saturated heterocycles. The molecule has 0 aromatic rings. The van der Waals surface area contributed by atoms with Crippen LogP contribution in [-0.4, -0.2) is 23.0 Å². The second-order valence-electron chi connectivity index (χ2n) is 5.04. The number of carbonyl (C=O) groups is 2. The van der Waals surface area contributed by atoms with E-state index in [-0.39, 0.29) is 11.3 Å². The van der Waals surface area contributed by atoms with Crippen LogP contribution in [0.2, 0.25) is 0 Å². The first-order chi connectivity index (χ1) is 8.05. The predicted octanol–water partition coefficient (Wildman–Crippen LogP) is 2.33. The SMILES string of the molecule is CCCC[C@H](NC(=O)C1(CCC)CC1)C(=O)O. The Morgan fingerprint density at radius 2 is 1.94 bits per heavy atom. The van der Waals surface area contributed by atoms with Gasteiger partial charge in [-0.1, -0.05) is 33.1 Å². The molecule has 1 aliphatic rings. The maximum absolute atomic E-state index is 12.0. The van der Waals surface area contributed by atoms with Gasteiger partial charge in [-0.2, -0.15) is 0 Å². The molecule has 1 atom stereocenters. The Balaban J connectivity index is 2.49. The number of hydrogen-bond acceptors (Lipinski definition) is 2. The summed E-state index contributed by atoms with van der Waals surface area (Å²) < 4.78 is 0. The smallest absolute Gasteiger partial charge is 0.326 e. The third-order valence-corrected chi connectivity index (χ3v) is 3.51. The maximum atomic E-state index is 12.0.